The van der Waals surface area contributed by atoms with E-state index in [2.05, 4.69) is 5.32 Å². The Morgan fingerprint density at radius 3 is 2.73 bits per heavy atom. The lowest BCUT2D eigenvalue weighted by atomic mass is 9.89. The van der Waals surface area contributed by atoms with Gasteiger partial charge in [0.2, 0.25) is 0 Å². The lowest BCUT2D eigenvalue weighted by Gasteiger charge is -2.26. The Hall–Kier alpha value is -1.09. The van der Waals surface area contributed by atoms with Gasteiger partial charge in [-0.15, -0.1) is 0 Å². The minimum Gasteiger partial charge on any atom is -0.399 e. The van der Waals surface area contributed by atoms with Crippen molar-refractivity contribution in [2.24, 2.45) is 5.92 Å². The quantitative estimate of drug-likeness (QED) is 0.732. The third-order valence-corrected chi connectivity index (χ3v) is 3.03. The van der Waals surface area contributed by atoms with E-state index < -0.39 is 6.17 Å². The second-order valence-corrected chi connectivity index (χ2v) is 4.16. The predicted octanol–water partition coefficient (Wildman–Crippen LogP) is 2.28. The highest BCUT2D eigenvalue weighted by atomic mass is 19.1. The lowest BCUT2D eigenvalue weighted by Crippen LogP contribution is -2.29. The van der Waals surface area contributed by atoms with Gasteiger partial charge in [0.05, 0.1) is 0 Å². The zero-order valence-electron chi connectivity index (χ0n) is 8.75. The Kier molecular flexibility index (Phi) is 3.21. The van der Waals surface area contributed by atoms with Gasteiger partial charge in [0.1, 0.15) is 6.17 Å². The van der Waals surface area contributed by atoms with Gasteiger partial charge in [-0.05, 0) is 49.5 Å². The number of hydrogen-bond donors (Lipinski definition) is 2. The molecular formula is C12H17FN2. The van der Waals surface area contributed by atoms with Crippen LogP contribution in [0.4, 0.5) is 10.1 Å². The predicted molar refractivity (Wildman–Crippen MR) is 60.3 cm³/mol. The van der Waals surface area contributed by atoms with Crippen molar-refractivity contribution >= 4 is 5.69 Å². The smallest absolute Gasteiger partial charge is 0.128 e. The van der Waals surface area contributed by atoms with Crippen LogP contribution in [-0.4, -0.2) is 13.1 Å². The summed E-state index contributed by atoms with van der Waals surface area (Å²) in [5.74, 6) is 0.146. The first-order valence-electron chi connectivity index (χ1n) is 5.47. The molecule has 2 nitrogen and oxygen atoms in total. The van der Waals surface area contributed by atoms with E-state index in [9.17, 15) is 4.39 Å². The maximum absolute atomic E-state index is 14.1. The Bertz CT molecular complexity index is 321. The van der Waals surface area contributed by atoms with Crippen molar-refractivity contribution in [3.63, 3.8) is 0 Å². The van der Waals surface area contributed by atoms with Crippen molar-refractivity contribution in [2.45, 2.75) is 19.0 Å². The molecule has 0 spiro atoms. The standard InChI is InChI=1S/C12H17FN2/c13-12(9-4-6-15-7-5-9)10-2-1-3-11(14)8-10/h1-3,8-9,12,15H,4-7,14H2. The average Bonchev–Trinajstić information content (AvgIpc) is 2.29. The second kappa shape index (κ2) is 4.62. The number of nitrogens with one attached hydrogen (secondary N) is 1. The molecule has 1 aliphatic rings. The van der Waals surface area contributed by atoms with E-state index in [1.165, 1.54) is 0 Å². The number of rotatable bonds is 2. The van der Waals surface area contributed by atoms with E-state index in [-0.39, 0.29) is 5.92 Å². The van der Waals surface area contributed by atoms with Crippen molar-refractivity contribution < 1.29 is 4.39 Å². The van der Waals surface area contributed by atoms with Crippen LogP contribution in [0.25, 0.3) is 0 Å². The lowest BCUT2D eigenvalue weighted by molar-refractivity contribution is 0.190. The second-order valence-electron chi connectivity index (χ2n) is 4.16. The number of nitrogen functional groups attached to an aromatic ring is 1. The summed E-state index contributed by atoms with van der Waals surface area (Å²) >= 11 is 0. The Morgan fingerprint density at radius 1 is 1.33 bits per heavy atom. The van der Waals surface area contributed by atoms with Crippen LogP contribution in [0.1, 0.15) is 24.6 Å². The highest BCUT2D eigenvalue weighted by molar-refractivity contribution is 5.41. The summed E-state index contributed by atoms with van der Waals surface area (Å²) in [6, 6.07) is 7.17. The van der Waals surface area contributed by atoms with Crippen molar-refractivity contribution in [1.82, 2.24) is 5.32 Å². The molecule has 2 rings (SSSR count). The molecule has 1 aromatic rings. The van der Waals surface area contributed by atoms with E-state index in [0.29, 0.717) is 5.69 Å². The van der Waals surface area contributed by atoms with E-state index in [4.69, 9.17) is 5.73 Å². The zero-order chi connectivity index (χ0) is 10.7. The Morgan fingerprint density at radius 2 is 2.07 bits per heavy atom. The fourth-order valence-corrected chi connectivity index (χ4v) is 2.14. The molecule has 1 atom stereocenters. The van der Waals surface area contributed by atoms with E-state index in [1.54, 1.807) is 12.1 Å². The molecule has 3 heteroatoms. The summed E-state index contributed by atoms with van der Waals surface area (Å²) in [7, 11) is 0. The number of alkyl halides is 1. The van der Waals surface area contributed by atoms with Gasteiger partial charge < -0.3 is 11.1 Å². The van der Waals surface area contributed by atoms with E-state index >= 15 is 0 Å². The van der Waals surface area contributed by atoms with Crippen LogP contribution >= 0.6 is 0 Å². The first-order chi connectivity index (χ1) is 7.27. The Balaban J connectivity index is 2.08. The number of piperidine rings is 1. The van der Waals surface area contributed by atoms with Gasteiger partial charge in [0.15, 0.2) is 0 Å². The Labute approximate surface area is 89.7 Å². The minimum absolute atomic E-state index is 0.146. The van der Waals surface area contributed by atoms with Crippen LogP contribution < -0.4 is 11.1 Å². The summed E-state index contributed by atoms with van der Waals surface area (Å²) < 4.78 is 14.1. The summed E-state index contributed by atoms with van der Waals surface area (Å²) in [6.07, 6.45) is 0.960. The number of nitrogens with two attached hydrogens (primary N) is 1. The van der Waals surface area contributed by atoms with Crippen molar-refractivity contribution in [1.29, 1.82) is 0 Å². The number of benzene rings is 1. The molecule has 1 fully saturated rings. The SMILES string of the molecule is Nc1cccc(C(F)C2CCNCC2)c1. The van der Waals surface area contributed by atoms with Crippen LogP contribution in [0, 0.1) is 5.92 Å². The van der Waals surface area contributed by atoms with Crippen molar-refractivity contribution in [3.05, 3.63) is 29.8 Å². The van der Waals surface area contributed by atoms with Gasteiger partial charge in [-0.25, -0.2) is 4.39 Å². The fraction of sp³-hybridized carbons (Fsp3) is 0.500. The largest absolute Gasteiger partial charge is 0.399 e. The molecule has 15 heavy (non-hydrogen) atoms. The van der Waals surface area contributed by atoms with Gasteiger partial charge in [-0.2, -0.15) is 0 Å². The third-order valence-electron chi connectivity index (χ3n) is 3.03. The average molecular weight is 208 g/mol. The van der Waals surface area contributed by atoms with Gasteiger partial charge in [-0.1, -0.05) is 12.1 Å². The molecule has 1 aliphatic heterocycles. The highest BCUT2D eigenvalue weighted by Gasteiger charge is 2.24. The van der Waals surface area contributed by atoms with Gasteiger partial charge in [-0.3, -0.25) is 0 Å². The fourth-order valence-electron chi connectivity index (χ4n) is 2.14. The number of halogens is 1. The molecule has 0 aliphatic carbocycles. The third kappa shape index (κ3) is 2.48. The summed E-state index contributed by atoms with van der Waals surface area (Å²) in [4.78, 5) is 0. The van der Waals surface area contributed by atoms with E-state index in [0.717, 1.165) is 31.5 Å². The molecule has 1 heterocycles. The normalized spacial score (nSPS) is 20.1. The molecule has 3 N–H and O–H groups in total. The van der Waals surface area contributed by atoms with Gasteiger partial charge >= 0.3 is 0 Å². The molecule has 0 amide bonds. The van der Waals surface area contributed by atoms with Crippen LogP contribution in [0.5, 0.6) is 0 Å². The van der Waals surface area contributed by atoms with Gasteiger partial charge in [0.25, 0.3) is 0 Å². The number of hydrogen-bond acceptors (Lipinski definition) is 2. The van der Waals surface area contributed by atoms with Crippen LogP contribution in [0.3, 0.4) is 0 Å². The molecule has 0 radical (unpaired) electrons. The molecule has 1 unspecified atom stereocenters. The van der Waals surface area contributed by atoms with Crippen LogP contribution in [-0.2, 0) is 0 Å². The maximum atomic E-state index is 14.1. The summed E-state index contributed by atoms with van der Waals surface area (Å²) in [5, 5.41) is 3.24. The molecule has 0 saturated carbocycles. The monoisotopic (exact) mass is 208 g/mol. The number of anilines is 1. The molecule has 82 valence electrons. The van der Waals surface area contributed by atoms with E-state index in [1.807, 2.05) is 12.1 Å². The van der Waals surface area contributed by atoms with Crippen molar-refractivity contribution in [3.8, 4) is 0 Å². The molecular weight excluding hydrogens is 191 g/mol. The van der Waals surface area contributed by atoms with Crippen molar-refractivity contribution in [2.75, 3.05) is 18.8 Å². The molecule has 1 aromatic carbocycles. The highest BCUT2D eigenvalue weighted by Crippen LogP contribution is 2.32. The summed E-state index contributed by atoms with van der Waals surface area (Å²) in [6.45, 7) is 1.85. The zero-order valence-corrected chi connectivity index (χ0v) is 8.75. The first-order valence-corrected chi connectivity index (χ1v) is 5.47. The van der Waals surface area contributed by atoms with Gasteiger partial charge in [0, 0.05) is 5.69 Å². The molecule has 0 aromatic heterocycles. The molecule has 1 saturated heterocycles. The van der Waals surface area contributed by atoms with Crippen LogP contribution in [0.2, 0.25) is 0 Å². The first kappa shape index (κ1) is 10.4. The topological polar surface area (TPSA) is 38.0 Å². The maximum Gasteiger partial charge on any atom is 0.128 e. The summed E-state index contributed by atoms with van der Waals surface area (Å²) in [5.41, 5.74) is 7.01. The molecule has 0 bridgehead atoms. The van der Waals surface area contributed by atoms with Crippen LogP contribution in [0.15, 0.2) is 24.3 Å². The minimum atomic E-state index is -0.865.